The van der Waals surface area contributed by atoms with Gasteiger partial charge in [-0.2, -0.15) is 0 Å². The molecule has 0 bridgehead atoms. The lowest BCUT2D eigenvalue weighted by molar-refractivity contribution is 0.363. The Morgan fingerprint density at radius 1 is 1.00 bits per heavy atom. The third kappa shape index (κ3) is 5.45. The summed E-state index contributed by atoms with van der Waals surface area (Å²) in [5, 5.41) is 0. The van der Waals surface area contributed by atoms with Gasteiger partial charge < -0.3 is 19.2 Å². The van der Waals surface area contributed by atoms with Gasteiger partial charge in [-0.1, -0.05) is 18.2 Å². The van der Waals surface area contributed by atoms with Gasteiger partial charge in [0.05, 0.1) is 12.3 Å². The first-order valence-corrected chi connectivity index (χ1v) is 7.96. The Morgan fingerprint density at radius 3 is 2.06 bits per heavy atom. The Morgan fingerprint density at radius 2 is 1.56 bits per heavy atom. The van der Waals surface area contributed by atoms with Gasteiger partial charge in [0.15, 0.2) is 0 Å². The van der Waals surface area contributed by atoms with E-state index in [0.717, 1.165) is 0 Å². The molecular formula is C8H12O6P2. The maximum absolute atomic E-state index is 11.4. The largest absolute Gasteiger partial charge is 0.424 e. The van der Waals surface area contributed by atoms with Gasteiger partial charge in [-0.25, -0.2) is 4.57 Å². The average molecular weight is 266 g/mol. The van der Waals surface area contributed by atoms with E-state index in [0.29, 0.717) is 0 Å². The predicted octanol–water partition coefficient (Wildman–Crippen LogP) is 1.43. The average Bonchev–Trinajstić information content (AvgIpc) is 2.15. The van der Waals surface area contributed by atoms with E-state index in [2.05, 4.69) is 0 Å². The Hall–Kier alpha value is -0.640. The highest BCUT2D eigenvalue weighted by atomic mass is 31.2. The summed E-state index contributed by atoms with van der Waals surface area (Å²) in [4.78, 5) is 26.5. The van der Waals surface area contributed by atoms with Gasteiger partial charge in [0.25, 0.3) is 0 Å². The first kappa shape index (κ1) is 13.4. The summed E-state index contributed by atoms with van der Waals surface area (Å²) in [6.07, 6.45) is -1.25. The third-order valence-corrected chi connectivity index (χ3v) is 4.11. The summed E-state index contributed by atoms with van der Waals surface area (Å²) >= 11 is 0. The first-order chi connectivity index (χ1) is 7.29. The summed E-state index contributed by atoms with van der Waals surface area (Å²) in [6, 6.07) is 7.93. The first-order valence-electron chi connectivity index (χ1n) is 4.39. The molecule has 90 valence electrons. The third-order valence-electron chi connectivity index (χ3n) is 1.67. The van der Waals surface area contributed by atoms with Crippen molar-refractivity contribution < 1.29 is 28.3 Å². The second-order valence-corrected chi connectivity index (χ2v) is 6.83. The molecule has 1 unspecified atom stereocenters. The molecule has 1 aromatic carbocycles. The number of hydrogen-bond acceptors (Lipinski definition) is 3. The zero-order valence-electron chi connectivity index (χ0n) is 8.26. The molecule has 0 aliphatic rings. The molecule has 0 aliphatic heterocycles. The van der Waals surface area contributed by atoms with Gasteiger partial charge >= 0.3 is 15.2 Å². The molecule has 1 atom stereocenters. The summed E-state index contributed by atoms with van der Waals surface area (Å²) in [5.74, 6) is 0.194. The fraction of sp³-hybridized carbons (Fsp3) is 0.250. The van der Waals surface area contributed by atoms with Crippen molar-refractivity contribution in [2.75, 3.05) is 12.3 Å². The van der Waals surface area contributed by atoms with Crippen molar-refractivity contribution in [1.29, 1.82) is 0 Å². The molecule has 0 aromatic heterocycles. The Kier molecular flexibility index (Phi) is 4.30. The predicted molar refractivity (Wildman–Crippen MR) is 58.7 cm³/mol. The van der Waals surface area contributed by atoms with Crippen LogP contribution < -0.4 is 4.52 Å². The second kappa shape index (κ2) is 5.13. The second-order valence-electron chi connectivity index (χ2n) is 3.15. The van der Waals surface area contributed by atoms with Crippen molar-refractivity contribution in [1.82, 2.24) is 0 Å². The van der Waals surface area contributed by atoms with E-state index in [1.807, 2.05) is 0 Å². The monoisotopic (exact) mass is 266 g/mol. The van der Waals surface area contributed by atoms with Gasteiger partial charge in [-0.3, -0.25) is 4.57 Å². The maximum Gasteiger partial charge on any atom is 0.377 e. The lowest BCUT2D eigenvalue weighted by atomic mass is 10.3. The van der Waals surface area contributed by atoms with Crippen LogP contribution in [-0.2, 0) is 9.13 Å². The van der Waals surface area contributed by atoms with Crippen molar-refractivity contribution >= 4 is 15.2 Å². The Balaban J connectivity index is 2.59. The van der Waals surface area contributed by atoms with Gasteiger partial charge in [-0.15, -0.1) is 0 Å². The van der Waals surface area contributed by atoms with E-state index in [9.17, 15) is 14.0 Å². The van der Waals surface area contributed by atoms with Crippen LogP contribution in [0, 0.1) is 0 Å². The molecule has 8 heteroatoms. The smallest absolute Gasteiger partial charge is 0.377 e. The minimum Gasteiger partial charge on any atom is -0.424 e. The molecule has 0 radical (unpaired) electrons. The van der Waals surface area contributed by atoms with Crippen LogP contribution in [-0.4, -0.2) is 27.0 Å². The molecule has 0 aliphatic carbocycles. The van der Waals surface area contributed by atoms with E-state index < -0.39 is 27.5 Å². The van der Waals surface area contributed by atoms with E-state index in [1.165, 1.54) is 12.1 Å². The fourth-order valence-corrected chi connectivity index (χ4v) is 3.54. The summed E-state index contributed by atoms with van der Waals surface area (Å²) in [7, 11) is -8.28. The highest BCUT2D eigenvalue weighted by Crippen LogP contribution is 2.47. The molecule has 6 nitrogen and oxygen atoms in total. The maximum atomic E-state index is 11.4. The number of para-hydroxylation sites is 1. The van der Waals surface area contributed by atoms with Gasteiger partial charge in [-0.05, 0) is 12.1 Å². The molecule has 0 amide bonds. The van der Waals surface area contributed by atoms with Crippen molar-refractivity contribution in [3.05, 3.63) is 30.3 Å². The van der Waals surface area contributed by atoms with Crippen LogP contribution in [0.15, 0.2) is 30.3 Å². The molecule has 0 fully saturated rings. The van der Waals surface area contributed by atoms with Crippen LogP contribution in [0.2, 0.25) is 0 Å². The van der Waals surface area contributed by atoms with Crippen LogP contribution in [0.4, 0.5) is 0 Å². The molecule has 1 aromatic rings. The topological polar surface area (TPSA) is 104 Å². The van der Waals surface area contributed by atoms with Crippen LogP contribution in [0.25, 0.3) is 0 Å². The molecule has 3 N–H and O–H groups in total. The summed E-state index contributed by atoms with van der Waals surface area (Å²) < 4.78 is 26.7. The molecule has 0 heterocycles. The van der Waals surface area contributed by atoms with E-state index >= 15 is 0 Å². The highest BCUT2D eigenvalue weighted by molar-refractivity contribution is 7.56. The van der Waals surface area contributed by atoms with Crippen molar-refractivity contribution in [2.45, 2.75) is 0 Å². The normalized spacial score (nSPS) is 15.4. The number of rotatable bonds is 5. The molecular weight excluding hydrogens is 254 g/mol. The van der Waals surface area contributed by atoms with Crippen molar-refractivity contribution in [3.8, 4) is 5.75 Å². The van der Waals surface area contributed by atoms with E-state index in [-0.39, 0.29) is 5.75 Å². The minimum absolute atomic E-state index is 0.194. The molecule has 16 heavy (non-hydrogen) atoms. The van der Waals surface area contributed by atoms with Crippen LogP contribution in [0.1, 0.15) is 0 Å². The summed E-state index contributed by atoms with van der Waals surface area (Å²) in [5.41, 5.74) is 0. The Labute approximate surface area is 92.6 Å². The fourth-order valence-electron chi connectivity index (χ4n) is 0.948. The highest BCUT2D eigenvalue weighted by Gasteiger charge is 2.26. The van der Waals surface area contributed by atoms with E-state index in [4.69, 9.17) is 14.3 Å². The lowest BCUT2D eigenvalue weighted by Gasteiger charge is -2.13. The minimum atomic E-state index is -4.28. The zero-order valence-corrected chi connectivity index (χ0v) is 10.1. The van der Waals surface area contributed by atoms with Crippen molar-refractivity contribution in [3.63, 3.8) is 0 Å². The summed E-state index contributed by atoms with van der Waals surface area (Å²) in [6.45, 7) is 0. The van der Waals surface area contributed by atoms with Crippen molar-refractivity contribution in [2.24, 2.45) is 0 Å². The molecule has 0 spiro atoms. The van der Waals surface area contributed by atoms with E-state index in [1.54, 1.807) is 18.2 Å². The number of benzene rings is 1. The van der Waals surface area contributed by atoms with Gasteiger partial charge in [0, 0.05) is 0 Å². The standard InChI is InChI=1S/C8H12O6P2/c9-15(10,11)6-7-16(12,13)14-8-4-2-1-3-5-8/h1-5H,6-7H2,(H,12,13)(H2,9,10,11). The number of hydrogen-bond donors (Lipinski definition) is 3. The quantitative estimate of drug-likeness (QED) is 0.696. The molecule has 0 saturated carbocycles. The molecule has 1 rings (SSSR count). The SMILES string of the molecule is O=P(O)(O)CCP(=O)(O)Oc1ccccc1. The lowest BCUT2D eigenvalue weighted by Crippen LogP contribution is -2.02. The van der Waals surface area contributed by atoms with Gasteiger partial charge in [0.2, 0.25) is 0 Å². The van der Waals surface area contributed by atoms with Crippen LogP contribution in [0.5, 0.6) is 5.75 Å². The van der Waals surface area contributed by atoms with Crippen LogP contribution in [0.3, 0.4) is 0 Å². The van der Waals surface area contributed by atoms with Crippen LogP contribution >= 0.6 is 15.2 Å². The molecule has 0 saturated heterocycles. The zero-order chi connectivity index (χ0) is 12.2. The Bertz CT molecular complexity index is 425. The van der Waals surface area contributed by atoms with Gasteiger partial charge in [0.1, 0.15) is 5.75 Å².